The van der Waals surface area contributed by atoms with Crippen molar-refractivity contribution >= 4 is 0 Å². The topological polar surface area (TPSA) is 45.5 Å². The van der Waals surface area contributed by atoms with E-state index in [1.807, 2.05) is 6.92 Å². The molecule has 0 atom stereocenters. The van der Waals surface area contributed by atoms with Gasteiger partial charge in [0.25, 0.3) is 0 Å². The van der Waals surface area contributed by atoms with E-state index in [2.05, 4.69) is 11.0 Å². The Morgan fingerprint density at radius 1 is 1.31 bits per heavy atom. The van der Waals surface area contributed by atoms with Crippen LogP contribution in [0.5, 0.6) is 0 Å². The van der Waals surface area contributed by atoms with Crippen LogP contribution in [-0.2, 0) is 9.47 Å². The van der Waals surface area contributed by atoms with Crippen LogP contribution in [0.25, 0.3) is 0 Å². The summed E-state index contributed by atoms with van der Waals surface area (Å²) in [7, 11) is 0. The summed E-state index contributed by atoms with van der Waals surface area (Å²) in [4.78, 5) is 2.42. The highest BCUT2D eigenvalue weighted by molar-refractivity contribution is 4.74. The van der Waals surface area contributed by atoms with Crippen molar-refractivity contribution < 1.29 is 9.47 Å². The van der Waals surface area contributed by atoms with Crippen LogP contribution in [0.1, 0.15) is 26.2 Å². The number of ether oxygens (including phenoxy) is 2. The highest BCUT2D eigenvalue weighted by Gasteiger charge is 2.18. The van der Waals surface area contributed by atoms with E-state index in [9.17, 15) is 0 Å². The van der Waals surface area contributed by atoms with Gasteiger partial charge in [0, 0.05) is 26.2 Å². The van der Waals surface area contributed by atoms with Gasteiger partial charge in [0.15, 0.2) is 0 Å². The maximum atomic E-state index is 8.41. The first-order valence-corrected chi connectivity index (χ1v) is 6.15. The van der Waals surface area contributed by atoms with Crippen molar-refractivity contribution in [3.8, 4) is 6.07 Å². The Morgan fingerprint density at radius 2 is 2.06 bits per heavy atom. The van der Waals surface area contributed by atoms with Gasteiger partial charge in [-0.15, -0.1) is 0 Å². The predicted octanol–water partition coefficient (Wildman–Crippen LogP) is 1.42. The van der Waals surface area contributed by atoms with Crippen molar-refractivity contribution in [2.24, 2.45) is 0 Å². The summed E-state index contributed by atoms with van der Waals surface area (Å²) >= 11 is 0. The Balaban J connectivity index is 2.02. The summed E-state index contributed by atoms with van der Waals surface area (Å²) in [5.41, 5.74) is 0. The van der Waals surface area contributed by atoms with Crippen LogP contribution >= 0.6 is 0 Å². The number of rotatable bonds is 7. The Labute approximate surface area is 98.1 Å². The van der Waals surface area contributed by atoms with Crippen molar-refractivity contribution in [2.75, 3.05) is 39.5 Å². The van der Waals surface area contributed by atoms with Crippen LogP contribution in [0.2, 0.25) is 0 Å². The zero-order chi connectivity index (χ0) is 11.6. The minimum Gasteiger partial charge on any atom is -0.380 e. The molecule has 0 aromatic carbocycles. The summed E-state index contributed by atoms with van der Waals surface area (Å²) in [5, 5.41) is 8.41. The second-order valence-electron chi connectivity index (χ2n) is 4.02. The van der Waals surface area contributed by atoms with E-state index < -0.39 is 0 Å². The van der Waals surface area contributed by atoms with Gasteiger partial charge in [0.1, 0.15) is 0 Å². The van der Waals surface area contributed by atoms with Gasteiger partial charge in [-0.3, -0.25) is 0 Å². The van der Waals surface area contributed by atoms with Crippen LogP contribution in [0.4, 0.5) is 0 Å². The zero-order valence-corrected chi connectivity index (χ0v) is 10.2. The third-order valence-corrected chi connectivity index (χ3v) is 2.86. The van der Waals surface area contributed by atoms with E-state index >= 15 is 0 Å². The molecule has 0 amide bonds. The molecule has 0 aliphatic carbocycles. The molecule has 4 heteroatoms. The van der Waals surface area contributed by atoms with E-state index in [-0.39, 0.29) is 0 Å². The van der Waals surface area contributed by atoms with Crippen LogP contribution in [0.15, 0.2) is 0 Å². The molecule has 16 heavy (non-hydrogen) atoms. The zero-order valence-electron chi connectivity index (χ0n) is 10.2. The average molecular weight is 226 g/mol. The second kappa shape index (κ2) is 8.51. The number of nitrogens with zero attached hydrogens (tertiary/aromatic N) is 2. The number of piperidine rings is 1. The van der Waals surface area contributed by atoms with Gasteiger partial charge in [-0.25, -0.2) is 0 Å². The van der Waals surface area contributed by atoms with Crippen LogP contribution in [0.3, 0.4) is 0 Å². The first-order valence-electron chi connectivity index (χ1n) is 6.15. The normalized spacial score (nSPS) is 18.5. The standard InChI is InChI=1S/C12H22N2O2/c1-2-15-11-9-14-7-4-12(5-8-14)16-10-3-6-13/h12H,2-5,7-11H2,1H3. The lowest BCUT2D eigenvalue weighted by Gasteiger charge is -2.31. The van der Waals surface area contributed by atoms with E-state index in [4.69, 9.17) is 14.7 Å². The van der Waals surface area contributed by atoms with Crippen LogP contribution < -0.4 is 0 Å². The molecule has 1 aliphatic heterocycles. The minimum absolute atomic E-state index is 0.358. The van der Waals surface area contributed by atoms with Crippen molar-refractivity contribution in [3.05, 3.63) is 0 Å². The Bertz CT molecular complexity index is 208. The third-order valence-electron chi connectivity index (χ3n) is 2.86. The summed E-state index contributed by atoms with van der Waals surface area (Å²) in [6.07, 6.45) is 3.02. The average Bonchev–Trinajstić information content (AvgIpc) is 2.32. The number of likely N-dealkylation sites (tertiary alicyclic amines) is 1. The van der Waals surface area contributed by atoms with E-state index in [1.165, 1.54) is 0 Å². The van der Waals surface area contributed by atoms with Crippen LogP contribution in [-0.4, -0.2) is 50.5 Å². The van der Waals surface area contributed by atoms with Gasteiger partial charge in [0.05, 0.1) is 31.8 Å². The highest BCUT2D eigenvalue weighted by Crippen LogP contribution is 2.13. The van der Waals surface area contributed by atoms with Crippen molar-refractivity contribution in [3.63, 3.8) is 0 Å². The van der Waals surface area contributed by atoms with Crippen molar-refractivity contribution in [2.45, 2.75) is 32.3 Å². The molecule has 4 nitrogen and oxygen atoms in total. The van der Waals surface area contributed by atoms with Crippen molar-refractivity contribution in [1.82, 2.24) is 4.90 Å². The molecule has 0 unspecified atom stereocenters. The lowest BCUT2D eigenvalue weighted by Crippen LogP contribution is -2.38. The smallest absolute Gasteiger partial charge is 0.0645 e. The Morgan fingerprint density at radius 3 is 2.69 bits per heavy atom. The maximum absolute atomic E-state index is 8.41. The lowest BCUT2D eigenvalue weighted by atomic mass is 10.1. The predicted molar refractivity (Wildman–Crippen MR) is 62.1 cm³/mol. The molecule has 1 rings (SSSR count). The fraction of sp³-hybridized carbons (Fsp3) is 0.917. The minimum atomic E-state index is 0.358. The van der Waals surface area contributed by atoms with E-state index in [1.54, 1.807) is 0 Å². The third kappa shape index (κ3) is 5.45. The highest BCUT2D eigenvalue weighted by atomic mass is 16.5. The van der Waals surface area contributed by atoms with Gasteiger partial charge in [-0.2, -0.15) is 5.26 Å². The Hall–Kier alpha value is -0.630. The van der Waals surface area contributed by atoms with Gasteiger partial charge in [-0.1, -0.05) is 0 Å². The van der Waals surface area contributed by atoms with Gasteiger partial charge < -0.3 is 14.4 Å². The molecule has 1 saturated heterocycles. The molecular formula is C12H22N2O2. The fourth-order valence-electron chi connectivity index (χ4n) is 1.91. The Kier molecular flexibility index (Phi) is 7.15. The molecule has 0 radical (unpaired) electrons. The van der Waals surface area contributed by atoms with Gasteiger partial charge >= 0.3 is 0 Å². The molecule has 0 saturated carbocycles. The maximum Gasteiger partial charge on any atom is 0.0645 e. The summed E-state index contributed by atoms with van der Waals surface area (Å²) in [6, 6.07) is 2.10. The monoisotopic (exact) mass is 226 g/mol. The number of hydrogen-bond acceptors (Lipinski definition) is 4. The quantitative estimate of drug-likeness (QED) is 0.616. The van der Waals surface area contributed by atoms with Crippen LogP contribution in [0, 0.1) is 11.3 Å². The molecule has 0 aromatic rings. The van der Waals surface area contributed by atoms with Gasteiger partial charge in [0.2, 0.25) is 0 Å². The number of nitriles is 1. The molecule has 0 N–H and O–H groups in total. The molecule has 1 heterocycles. The molecule has 0 spiro atoms. The second-order valence-corrected chi connectivity index (χ2v) is 4.02. The molecule has 1 aliphatic rings. The SMILES string of the molecule is CCOCCN1CCC(OCCC#N)CC1. The van der Waals surface area contributed by atoms with E-state index in [0.29, 0.717) is 19.1 Å². The largest absolute Gasteiger partial charge is 0.380 e. The molecule has 0 bridgehead atoms. The molecule has 1 fully saturated rings. The summed E-state index contributed by atoms with van der Waals surface area (Å²) in [5.74, 6) is 0. The fourth-order valence-corrected chi connectivity index (χ4v) is 1.91. The molecule has 92 valence electrons. The summed E-state index contributed by atoms with van der Waals surface area (Å²) < 4.78 is 11.0. The molecule has 0 aromatic heterocycles. The lowest BCUT2D eigenvalue weighted by molar-refractivity contribution is 0.00396. The first kappa shape index (κ1) is 13.4. The van der Waals surface area contributed by atoms with Crippen molar-refractivity contribution in [1.29, 1.82) is 5.26 Å². The first-order chi connectivity index (χ1) is 7.86. The number of hydrogen-bond donors (Lipinski definition) is 0. The van der Waals surface area contributed by atoms with E-state index in [0.717, 1.165) is 45.7 Å². The van der Waals surface area contributed by atoms with Gasteiger partial charge in [-0.05, 0) is 19.8 Å². The summed E-state index contributed by atoms with van der Waals surface area (Å²) in [6.45, 7) is 7.44. The molecular weight excluding hydrogens is 204 g/mol.